The van der Waals surface area contributed by atoms with Crippen molar-refractivity contribution in [2.45, 2.75) is 25.9 Å². The highest BCUT2D eigenvalue weighted by molar-refractivity contribution is 5.46. The van der Waals surface area contributed by atoms with Crippen molar-refractivity contribution in [3.05, 3.63) is 29.6 Å². The summed E-state index contributed by atoms with van der Waals surface area (Å²) in [5, 5.41) is 0. The average molecular weight is 251 g/mol. The zero-order valence-corrected chi connectivity index (χ0v) is 11.2. The van der Waals surface area contributed by atoms with E-state index in [0.29, 0.717) is 11.7 Å². The fourth-order valence-corrected chi connectivity index (χ4v) is 2.55. The summed E-state index contributed by atoms with van der Waals surface area (Å²) in [6.45, 7) is 6.06. The van der Waals surface area contributed by atoms with Gasteiger partial charge in [-0.3, -0.25) is 4.90 Å². The van der Waals surface area contributed by atoms with Crippen LogP contribution >= 0.6 is 0 Å². The fourth-order valence-electron chi connectivity index (χ4n) is 2.55. The highest BCUT2D eigenvalue weighted by Gasteiger charge is 2.23. The Morgan fingerprint density at radius 2 is 2.17 bits per heavy atom. The first-order chi connectivity index (χ1) is 8.60. The van der Waals surface area contributed by atoms with Crippen molar-refractivity contribution in [2.24, 2.45) is 0 Å². The minimum atomic E-state index is -0.208. The van der Waals surface area contributed by atoms with Gasteiger partial charge in [0.25, 0.3) is 0 Å². The van der Waals surface area contributed by atoms with Gasteiger partial charge in [0, 0.05) is 37.9 Å². The second-order valence-electron chi connectivity index (χ2n) is 5.12. The topological polar surface area (TPSA) is 32.5 Å². The quantitative estimate of drug-likeness (QED) is 0.833. The maximum atomic E-state index is 13.2. The number of hydrogen-bond donors (Lipinski definition) is 1. The third kappa shape index (κ3) is 3.00. The molecule has 100 valence electrons. The molecule has 4 heteroatoms. The maximum absolute atomic E-state index is 13.2. The number of nitrogens with zero attached hydrogens (tertiary/aromatic N) is 2. The molecule has 3 nitrogen and oxygen atoms in total. The van der Waals surface area contributed by atoms with Crippen LogP contribution in [0.15, 0.2) is 18.2 Å². The summed E-state index contributed by atoms with van der Waals surface area (Å²) in [7, 11) is 2.17. The van der Waals surface area contributed by atoms with Crippen molar-refractivity contribution < 1.29 is 4.39 Å². The molecule has 1 aromatic carbocycles. The molecule has 0 radical (unpaired) electrons. The molecule has 0 spiro atoms. The van der Waals surface area contributed by atoms with E-state index in [1.54, 1.807) is 12.1 Å². The van der Waals surface area contributed by atoms with Crippen LogP contribution in [-0.4, -0.2) is 42.5 Å². The summed E-state index contributed by atoms with van der Waals surface area (Å²) in [4.78, 5) is 4.75. The largest absolute Gasteiger partial charge is 0.398 e. The Morgan fingerprint density at radius 3 is 2.89 bits per heavy atom. The van der Waals surface area contributed by atoms with E-state index >= 15 is 0 Å². The summed E-state index contributed by atoms with van der Waals surface area (Å²) in [5.74, 6) is -0.208. The van der Waals surface area contributed by atoms with Gasteiger partial charge in [-0.1, -0.05) is 6.92 Å². The molecule has 0 saturated carbocycles. The Bertz CT molecular complexity index is 408. The third-order valence-corrected chi connectivity index (χ3v) is 3.83. The van der Waals surface area contributed by atoms with Crippen LogP contribution in [0.5, 0.6) is 0 Å². The SMILES string of the molecule is CCC1CN(Cc2cc(F)ccc2N)CCN1C. The molecule has 1 atom stereocenters. The van der Waals surface area contributed by atoms with Crippen LogP contribution in [0.25, 0.3) is 0 Å². The van der Waals surface area contributed by atoms with Gasteiger partial charge in [0.1, 0.15) is 5.82 Å². The van der Waals surface area contributed by atoms with Crippen molar-refractivity contribution >= 4 is 5.69 Å². The molecule has 2 N–H and O–H groups in total. The zero-order valence-electron chi connectivity index (χ0n) is 11.2. The van der Waals surface area contributed by atoms with E-state index in [1.165, 1.54) is 6.07 Å². The van der Waals surface area contributed by atoms with Gasteiger partial charge in [0.05, 0.1) is 0 Å². The molecule has 1 aliphatic heterocycles. The molecule has 1 aliphatic rings. The van der Waals surface area contributed by atoms with Crippen molar-refractivity contribution in [3.8, 4) is 0 Å². The van der Waals surface area contributed by atoms with Crippen LogP contribution < -0.4 is 5.73 Å². The van der Waals surface area contributed by atoms with E-state index < -0.39 is 0 Å². The van der Waals surface area contributed by atoms with Crippen LogP contribution in [0.2, 0.25) is 0 Å². The van der Waals surface area contributed by atoms with Crippen LogP contribution in [0.1, 0.15) is 18.9 Å². The normalized spacial score (nSPS) is 22.3. The zero-order chi connectivity index (χ0) is 13.1. The number of likely N-dealkylation sites (N-methyl/N-ethyl adjacent to an activating group) is 1. The van der Waals surface area contributed by atoms with E-state index in [1.807, 2.05) is 0 Å². The monoisotopic (exact) mass is 251 g/mol. The van der Waals surface area contributed by atoms with Crippen LogP contribution in [0.3, 0.4) is 0 Å². The molecular formula is C14H22FN3. The molecule has 0 bridgehead atoms. The first-order valence-corrected chi connectivity index (χ1v) is 6.56. The predicted molar refractivity (Wildman–Crippen MR) is 72.8 cm³/mol. The molecule has 0 aromatic heterocycles. The van der Waals surface area contributed by atoms with Crippen molar-refractivity contribution in [1.82, 2.24) is 9.80 Å². The summed E-state index contributed by atoms with van der Waals surface area (Å²) < 4.78 is 13.2. The molecule has 18 heavy (non-hydrogen) atoms. The Balaban J connectivity index is 2.03. The number of rotatable bonds is 3. The van der Waals surface area contributed by atoms with E-state index in [0.717, 1.165) is 38.2 Å². The first-order valence-electron chi connectivity index (χ1n) is 6.56. The lowest BCUT2D eigenvalue weighted by atomic mass is 10.1. The Labute approximate surface area is 108 Å². The fraction of sp³-hybridized carbons (Fsp3) is 0.571. The van der Waals surface area contributed by atoms with Gasteiger partial charge in [-0.05, 0) is 37.2 Å². The molecule has 1 unspecified atom stereocenters. The van der Waals surface area contributed by atoms with Gasteiger partial charge in [0.15, 0.2) is 0 Å². The summed E-state index contributed by atoms with van der Waals surface area (Å²) in [6, 6.07) is 5.21. The van der Waals surface area contributed by atoms with E-state index in [2.05, 4.69) is 23.8 Å². The van der Waals surface area contributed by atoms with Gasteiger partial charge in [-0.25, -0.2) is 4.39 Å². The second-order valence-corrected chi connectivity index (χ2v) is 5.12. The third-order valence-electron chi connectivity index (χ3n) is 3.83. The lowest BCUT2D eigenvalue weighted by Gasteiger charge is -2.39. The van der Waals surface area contributed by atoms with E-state index in [9.17, 15) is 4.39 Å². The molecule has 1 heterocycles. The second kappa shape index (κ2) is 5.67. The Kier molecular flexibility index (Phi) is 4.19. The van der Waals surface area contributed by atoms with Gasteiger partial charge >= 0.3 is 0 Å². The summed E-state index contributed by atoms with van der Waals surface area (Å²) in [5.41, 5.74) is 7.48. The Morgan fingerprint density at radius 1 is 1.39 bits per heavy atom. The molecule has 0 amide bonds. The number of nitrogens with two attached hydrogens (primary N) is 1. The van der Waals surface area contributed by atoms with Crippen molar-refractivity contribution in [3.63, 3.8) is 0 Å². The van der Waals surface area contributed by atoms with Gasteiger partial charge < -0.3 is 10.6 Å². The van der Waals surface area contributed by atoms with Crippen LogP contribution in [-0.2, 0) is 6.54 Å². The molecule has 1 aromatic rings. The maximum Gasteiger partial charge on any atom is 0.123 e. The lowest BCUT2D eigenvalue weighted by Crippen LogP contribution is -2.50. The summed E-state index contributed by atoms with van der Waals surface area (Å²) in [6.07, 6.45) is 1.14. The molecule has 0 aliphatic carbocycles. The van der Waals surface area contributed by atoms with Gasteiger partial charge in [0.2, 0.25) is 0 Å². The lowest BCUT2D eigenvalue weighted by molar-refractivity contribution is 0.0884. The number of hydrogen-bond acceptors (Lipinski definition) is 3. The average Bonchev–Trinajstić information content (AvgIpc) is 2.36. The number of anilines is 1. The van der Waals surface area contributed by atoms with E-state index in [4.69, 9.17) is 5.73 Å². The highest BCUT2D eigenvalue weighted by atomic mass is 19.1. The number of nitrogen functional groups attached to an aromatic ring is 1. The van der Waals surface area contributed by atoms with E-state index in [-0.39, 0.29) is 5.82 Å². The predicted octanol–water partition coefficient (Wildman–Crippen LogP) is 1.93. The molecule has 2 rings (SSSR count). The minimum Gasteiger partial charge on any atom is -0.398 e. The van der Waals surface area contributed by atoms with Gasteiger partial charge in [-0.2, -0.15) is 0 Å². The highest BCUT2D eigenvalue weighted by Crippen LogP contribution is 2.18. The number of benzene rings is 1. The Hall–Kier alpha value is -1.13. The minimum absolute atomic E-state index is 0.208. The van der Waals surface area contributed by atoms with Gasteiger partial charge in [-0.15, -0.1) is 0 Å². The van der Waals surface area contributed by atoms with Crippen LogP contribution in [0.4, 0.5) is 10.1 Å². The standard InChI is InChI=1S/C14H22FN3/c1-3-13-10-18(7-6-17(13)2)9-11-8-12(15)4-5-14(11)16/h4-5,8,13H,3,6-7,9-10,16H2,1-2H3. The molecule has 1 saturated heterocycles. The summed E-state index contributed by atoms with van der Waals surface area (Å²) >= 11 is 0. The van der Waals surface area contributed by atoms with Crippen molar-refractivity contribution in [2.75, 3.05) is 32.4 Å². The molecule has 1 fully saturated rings. The first kappa shape index (κ1) is 13.3. The number of piperazine rings is 1. The molecular weight excluding hydrogens is 229 g/mol. The smallest absolute Gasteiger partial charge is 0.123 e. The van der Waals surface area contributed by atoms with Crippen molar-refractivity contribution in [1.29, 1.82) is 0 Å². The number of halogens is 1. The van der Waals surface area contributed by atoms with Crippen LogP contribution in [0, 0.1) is 5.82 Å².